The van der Waals surface area contributed by atoms with E-state index in [0.717, 1.165) is 5.56 Å². The molecule has 3 aromatic rings. The molecule has 4 rings (SSSR count). The van der Waals surface area contributed by atoms with Crippen molar-refractivity contribution in [2.75, 3.05) is 13.1 Å². The van der Waals surface area contributed by atoms with Crippen molar-refractivity contribution in [1.29, 1.82) is 0 Å². The summed E-state index contributed by atoms with van der Waals surface area (Å²) < 4.78 is 5.33. The van der Waals surface area contributed by atoms with E-state index in [1.807, 2.05) is 49.4 Å². The summed E-state index contributed by atoms with van der Waals surface area (Å²) in [4.78, 5) is 22.8. The molecule has 1 amide bonds. The van der Waals surface area contributed by atoms with Crippen molar-refractivity contribution in [1.82, 2.24) is 20.0 Å². The fraction of sp³-hybridized carbons (Fsp3) is 0.222. The van der Waals surface area contributed by atoms with Crippen molar-refractivity contribution in [3.63, 3.8) is 0 Å². The second kappa shape index (κ2) is 5.88. The summed E-state index contributed by atoms with van der Waals surface area (Å²) in [6.45, 7) is 3.19. The first-order valence-electron chi connectivity index (χ1n) is 7.81. The number of nitrogens with zero attached hydrogens (tertiary/aromatic N) is 4. The van der Waals surface area contributed by atoms with E-state index >= 15 is 0 Å². The largest absolute Gasteiger partial charge is 0.338 e. The highest BCUT2D eigenvalue weighted by atomic mass is 16.5. The molecule has 6 heteroatoms. The Morgan fingerprint density at radius 1 is 1.17 bits per heavy atom. The van der Waals surface area contributed by atoms with Crippen LogP contribution in [-0.4, -0.2) is 39.0 Å². The molecule has 1 fully saturated rings. The Morgan fingerprint density at radius 2 is 1.96 bits per heavy atom. The molecule has 3 heterocycles. The molecule has 1 aromatic carbocycles. The summed E-state index contributed by atoms with van der Waals surface area (Å²) in [7, 11) is 0. The third-order valence-electron chi connectivity index (χ3n) is 4.15. The van der Waals surface area contributed by atoms with E-state index < -0.39 is 0 Å². The van der Waals surface area contributed by atoms with Crippen LogP contribution in [0.1, 0.15) is 27.7 Å². The van der Waals surface area contributed by atoms with E-state index in [9.17, 15) is 4.79 Å². The van der Waals surface area contributed by atoms with Crippen molar-refractivity contribution >= 4 is 5.91 Å². The number of hydrogen-bond donors (Lipinski definition) is 0. The van der Waals surface area contributed by atoms with Crippen LogP contribution in [0.15, 0.2) is 53.2 Å². The molecule has 0 atom stereocenters. The lowest BCUT2D eigenvalue weighted by molar-refractivity contribution is 0.0569. The zero-order chi connectivity index (χ0) is 16.5. The number of carbonyl (C=O) groups excluding carboxylic acids is 1. The smallest absolute Gasteiger partial charge is 0.253 e. The Bertz CT molecular complexity index is 852. The van der Waals surface area contributed by atoms with E-state index in [2.05, 4.69) is 15.1 Å². The van der Waals surface area contributed by atoms with Gasteiger partial charge in [0.1, 0.15) is 5.69 Å². The van der Waals surface area contributed by atoms with Gasteiger partial charge in [0, 0.05) is 24.8 Å². The highest BCUT2D eigenvalue weighted by Gasteiger charge is 2.36. The van der Waals surface area contributed by atoms with Gasteiger partial charge in [-0.25, -0.2) is 0 Å². The van der Waals surface area contributed by atoms with Crippen LogP contribution < -0.4 is 0 Å². The molecule has 0 bridgehead atoms. The van der Waals surface area contributed by atoms with Crippen LogP contribution in [0.5, 0.6) is 0 Å². The molecular weight excluding hydrogens is 304 g/mol. The van der Waals surface area contributed by atoms with Crippen LogP contribution in [-0.2, 0) is 0 Å². The van der Waals surface area contributed by atoms with E-state index in [-0.39, 0.29) is 11.8 Å². The predicted molar refractivity (Wildman–Crippen MR) is 87.4 cm³/mol. The van der Waals surface area contributed by atoms with E-state index in [1.165, 1.54) is 0 Å². The Morgan fingerprint density at radius 3 is 2.67 bits per heavy atom. The van der Waals surface area contributed by atoms with Crippen molar-refractivity contribution in [2.24, 2.45) is 0 Å². The van der Waals surface area contributed by atoms with E-state index in [1.54, 1.807) is 11.1 Å². The second-order valence-corrected chi connectivity index (χ2v) is 5.94. The molecule has 1 aliphatic rings. The molecule has 24 heavy (non-hydrogen) atoms. The highest BCUT2D eigenvalue weighted by Crippen LogP contribution is 2.28. The van der Waals surface area contributed by atoms with Gasteiger partial charge >= 0.3 is 0 Å². The third-order valence-corrected chi connectivity index (χ3v) is 4.15. The number of likely N-dealkylation sites (tertiary alicyclic amines) is 1. The molecule has 120 valence electrons. The SMILES string of the molecule is Cc1ccc(C(=O)N2CC(c3nc(-c4ccccn4)no3)C2)cc1. The maximum Gasteiger partial charge on any atom is 0.253 e. The average Bonchev–Trinajstić information content (AvgIpc) is 3.04. The molecule has 2 aromatic heterocycles. The summed E-state index contributed by atoms with van der Waals surface area (Å²) in [5.41, 5.74) is 2.53. The Hall–Kier alpha value is -3.02. The number of hydrogen-bond acceptors (Lipinski definition) is 5. The number of carbonyl (C=O) groups is 1. The lowest BCUT2D eigenvalue weighted by Crippen LogP contribution is -2.48. The van der Waals surface area contributed by atoms with Gasteiger partial charge in [-0.3, -0.25) is 9.78 Å². The Kier molecular flexibility index (Phi) is 3.57. The number of rotatable bonds is 3. The zero-order valence-electron chi connectivity index (χ0n) is 13.2. The van der Waals surface area contributed by atoms with Crippen LogP contribution in [0.25, 0.3) is 11.5 Å². The average molecular weight is 320 g/mol. The van der Waals surface area contributed by atoms with Crippen LogP contribution in [0, 0.1) is 6.92 Å². The predicted octanol–water partition coefficient (Wildman–Crippen LogP) is 2.68. The molecule has 1 saturated heterocycles. The number of aryl methyl sites for hydroxylation is 1. The minimum atomic E-state index is 0.0377. The monoisotopic (exact) mass is 320 g/mol. The first-order chi connectivity index (χ1) is 11.7. The van der Waals surface area contributed by atoms with Crippen molar-refractivity contribution < 1.29 is 9.32 Å². The lowest BCUT2D eigenvalue weighted by atomic mass is 9.98. The summed E-state index contributed by atoms with van der Waals surface area (Å²) >= 11 is 0. The Balaban J connectivity index is 1.42. The second-order valence-electron chi connectivity index (χ2n) is 5.94. The van der Waals surface area contributed by atoms with E-state index in [4.69, 9.17) is 4.52 Å². The van der Waals surface area contributed by atoms with Crippen LogP contribution in [0.4, 0.5) is 0 Å². The van der Waals surface area contributed by atoms with Gasteiger partial charge in [0.15, 0.2) is 0 Å². The highest BCUT2D eigenvalue weighted by molar-refractivity contribution is 5.94. The summed E-state index contributed by atoms with van der Waals surface area (Å²) in [5, 5.41) is 3.98. The summed E-state index contributed by atoms with van der Waals surface area (Å²) in [6, 6.07) is 13.2. The van der Waals surface area contributed by atoms with Gasteiger partial charge in [-0.05, 0) is 31.2 Å². The molecule has 0 N–H and O–H groups in total. The topological polar surface area (TPSA) is 72.1 Å². The third kappa shape index (κ3) is 2.67. The maximum absolute atomic E-state index is 12.4. The van der Waals surface area contributed by atoms with Crippen molar-refractivity contribution in [3.05, 3.63) is 65.7 Å². The summed E-state index contributed by atoms with van der Waals surface area (Å²) in [6.07, 6.45) is 1.69. The first kappa shape index (κ1) is 14.6. The maximum atomic E-state index is 12.4. The molecular formula is C18H16N4O2. The number of benzene rings is 1. The normalized spacial score (nSPS) is 14.5. The molecule has 1 aliphatic heterocycles. The zero-order valence-corrected chi connectivity index (χ0v) is 13.2. The minimum Gasteiger partial charge on any atom is -0.338 e. The van der Waals surface area contributed by atoms with Crippen molar-refractivity contribution in [3.8, 4) is 11.5 Å². The molecule has 0 spiro atoms. The number of amides is 1. The minimum absolute atomic E-state index is 0.0377. The van der Waals surface area contributed by atoms with Gasteiger partial charge in [0.25, 0.3) is 5.91 Å². The lowest BCUT2D eigenvalue weighted by Gasteiger charge is -2.37. The van der Waals surface area contributed by atoms with Crippen LogP contribution in [0.2, 0.25) is 0 Å². The summed E-state index contributed by atoms with van der Waals surface area (Å²) in [5.74, 6) is 1.16. The first-order valence-corrected chi connectivity index (χ1v) is 7.81. The van der Waals surface area contributed by atoms with Gasteiger partial charge in [-0.15, -0.1) is 0 Å². The standard InChI is InChI=1S/C18H16N4O2/c1-12-5-7-13(8-6-12)18(23)22-10-14(11-22)17-20-16(21-24-17)15-4-2-3-9-19-15/h2-9,14H,10-11H2,1H3. The quantitative estimate of drug-likeness (QED) is 0.742. The molecule has 0 saturated carbocycles. The van der Waals surface area contributed by atoms with Crippen LogP contribution in [0.3, 0.4) is 0 Å². The van der Waals surface area contributed by atoms with Gasteiger partial charge in [0.2, 0.25) is 11.7 Å². The molecule has 0 radical (unpaired) electrons. The molecule has 0 aliphatic carbocycles. The number of pyridine rings is 1. The van der Waals surface area contributed by atoms with Crippen molar-refractivity contribution in [2.45, 2.75) is 12.8 Å². The van der Waals surface area contributed by atoms with Gasteiger partial charge in [0.05, 0.1) is 5.92 Å². The van der Waals surface area contributed by atoms with E-state index in [0.29, 0.717) is 36.1 Å². The van der Waals surface area contributed by atoms with Gasteiger partial charge in [-0.1, -0.05) is 28.9 Å². The number of aromatic nitrogens is 3. The van der Waals surface area contributed by atoms with Gasteiger partial charge in [-0.2, -0.15) is 4.98 Å². The fourth-order valence-electron chi connectivity index (χ4n) is 2.68. The molecule has 6 nitrogen and oxygen atoms in total. The van der Waals surface area contributed by atoms with Crippen LogP contribution >= 0.6 is 0 Å². The molecule has 0 unspecified atom stereocenters. The fourth-order valence-corrected chi connectivity index (χ4v) is 2.68. The van der Waals surface area contributed by atoms with Gasteiger partial charge < -0.3 is 9.42 Å². The Labute approximate surface area is 139 Å².